The van der Waals surface area contributed by atoms with Crippen LogP contribution in [-0.2, 0) is 4.79 Å². The average molecular weight is 253 g/mol. The van der Waals surface area contributed by atoms with Crippen molar-refractivity contribution in [1.82, 2.24) is 5.32 Å². The summed E-state index contributed by atoms with van der Waals surface area (Å²) < 4.78 is 0. The van der Waals surface area contributed by atoms with E-state index in [1.54, 1.807) is 0 Å². The molecule has 1 amide bonds. The van der Waals surface area contributed by atoms with E-state index in [1.807, 2.05) is 25.1 Å². The second-order valence-corrected chi connectivity index (χ2v) is 4.80. The maximum absolute atomic E-state index is 11.8. The number of carbonyl (C=O) groups is 1. The molecule has 0 spiro atoms. The van der Waals surface area contributed by atoms with Gasteiger partial charge in [0.2, 0.25) is 5.91 Å². The Morgan fingerprint density at radius 2 is 2.24 bits per heavy atom. The zero-order valence-electron chi connectivity index (χ0n) is 9.92. The Labute approximate surface area is 107 Å². The van der Waals surface area contributed by atoms with E-state index in [0.717, 1.165) is 37.1 Å². The molecule has 17 heavy (non-hydrogen) atoms. The molecule has 2 rings (SSSR count). The molecule has 0 radical (unpaired) electrons. The SMILES string of the molecule is Cc1cccc(NC2CCCCNC2=O)c1Cl. The Hall–Kier alpha value is -1.22. The number of hydrogen-bond donors (Lipinski definition) is 2. The van der Waals surface area contributed by atoms with Crippen molar-refractivity contribution in [2.75, 3.05) is 11.9 Å². The van der Waals surface area contributed by atoms with Gasteiger partial charge in [-0.2, -0.15) is 0 Å². The number of carbonyl (C=O) groups excluding carboxylic acids is 1. The highest BCUT2D eigenvalue weighted by Gasteiger charge is 2.21. The van der Waals surface area contributed by atoms with Crippen molar-refractivity contribution < 1.29 is 4.79 Å². The van der Waals surface area contributed by atoms with E-state index >= 15 is 0 Å². The molecule has 0 aliphatic carbocycles. The summed E-state index contributed by atoms with van der Waals surface area (Å²) in [7, 11) is 0. The van der Waals surface area contributed by atoms with Gasteiger partial charge in [0.1, 0.15) is 6.04 Å². The number of amides is 1. The summed E-state index contributed by atoms with van der Waals surface area (Å²) in [5.74, 6) is 0.0695. The van der Waals surface area contributed by atoms with E-state index in [1.165, 1.54) is 0 Å². The molecule has 0 saturated carbocycles. The summed E-state index contributed by atoms with van der Waals surface area (Å²) in [6.45, 7) is 2.74. The number of rotatable bonds is 2. The smallest absolute Gasteiger partial charge is 0.242 e. The first kappa shape index (κ1) is 12.2. The number of benzene rings is 1. The molecule has 1 aliphatic heterocycles. The van der Waals surface area contributed by atoms with Crippen LogP contribution in [0.25, 0.3) is 0 Å². The summed E-state index contributed by atoms with van der Waals surface area (Å²) in [6.07, 6.45) is 2.96. The van der Waals surface area contributed by atoms with E-state index in [4.69, 9.17) is 11.6 Å². The Kier molecular flexibility index (Phi) is 3.89. The van der Waals surface area contributed by atoms with Gasteiger partial charge in [0.15, 0.2) is 0 Å². The van der Waals surface area contributed by atoms with Crippen LogP contribution in [0.5, 0.6) is 0 Å². The third kappa shape index (κ3) is 2.91. The maximum atomic E-state index is 11.8. The molecule has 92 valence electrons. The van der Waals surface area contributed by atoms with Crippen LogP contribution in [0.15, 0.2) is 18.2 Å². The van der Waals surface area contributed by atoms with Crippen LogP contribution in [-0.4, -0.2) is 18.5 Å². The van der Waals surface area contributed by atoms with Crippen molar-refractivity contribution in [3.63, 3.8) is 0 Å². The summed E-state index contributed by atoms with van der Waals surface area (Å²) in [5.41, 5.74) is 1.86. The quantitative estimate of drug-likeness (QED) is 0.850. The molecule has 0 bridgehead atoms. The van der Waals surface area contributed by atoms with Gasteiger partial charge < -0.3 is 10.6 Å². The summed E-state index contributed by atoms with van der Waals surface area (Å²) >= 11 is 6.21. The lowest BCUT2D eigenvalue weighted by molar-refractivity contribution is -0.121. The molecule has 1 atom stereocenters. The predicted octanol–water partition coefficient (Wildman–Crippen LogP) is 2.73. The molecule has 1 fully saturated rings. The van der Waals surface area contributed by atoms with E-state index in [9.17, 15) is 4.79 Å². The minimum atomic E-state index is -0.170. The van der Waals surface area contributed by atoms with Crippen molar-refractivity contribution >= 4 is 23.2 Å². The summed E-state index contributed by atoms with van der Waals surface area (Å²) in [4.78, 5) is 11.8. The molecule has 0 aromatic heterocycles. The van der Waals surface area contributed by atoms with Gasteiger partial charge in [0.05, 0.1) is 10.7 Å². The monoisotopic (exact) mass is 252 g/mol. The maximum Gasteiger partial charge on any atom is 0.242 e. The Morgan fingerprint density at radius 3 is 3.06 bits per heavy atom. The van der Waals surface area contributed by atoms with Gasteiger partial charge in [-0.1, -0.05) is 23.7 Å². The number of hydrogen-bond acceptors (Lipinski definition) is 2. The fraction of sp³-hybridized carbons (Fsp3) is 0.462. The van der Waals surface area contributed by atoms with Crippen molar-refractivity contribution in [3.8, 4) is 0 Å². The van der Waals surface area contributed by atoms with E-state index < -0.39 is 0 Å². The van der Waals surface area contributed by atoms with Crippen LogP contribution in [0.3, 0.4) is 0 Å². The molecule has 1 unspecified atom stereocenters. The number of aryl methyl sites for hydroxylation is 1. The van der Waals surface area contributed by atoms with Crippen molar-refractivity contribution in [3.05, 3.63) is 28.8 Å². The van der Waals surface area contributed by atoms with Crippen LogP contribution in [0.4, 0.5) is 5.69 Å². The third-order valence-corrected chi connectivity index (χ3v) is 3.56. The number of halogens is 1. The lowest BCUT2D eigenvalue weighted by atomic mass is 10.1. The first-order chi connectivity index (χ1) is 8.18. The second kappa shape index (κ2) is 5.41. The lowest BCUT2D eigenvalue weighted by Gasteiger charge is -2.18. The van der Waals surface area contributed by atoms with Gasteiger partial charge in [-0.25, -0.2) is 0 Å². The zero-order valence-corrected chi connectivity index (χ0v) is 10.7. The number of anilines is 1. The van der Waals surface area contributed by atoms with Gasteiger partial charge in [-0.15, -0.1) is 0 Å². The predicted molar refractivity (Wildman–Crippen MR) is 70.5 cm³/mol. The molecule has 2 N–H and O–H groups in total. The Balaban J connectivity index is 2.13. The van der Waals surface area contributed by atoms with E-state index in [-0.39, 0.29) is 11.9 Å². The van der Waals surface area contributed by atoms with Gasteiger partial charge in [-0.05, 0) is 37.8 Å². The minimum absolute atomic E-state index is 0.0695. The fourth-order valence-electron chi connectivity index (χ4n) is 2.02. The highest BCUT2D eigenvalue weighted by molar-refractivity contribution is 6.34. The normalized spacial score (nSPS) is 20.6. The van der Waals surface area contributed by atoms with E-state index in [0.29, 0.717) is 5.02 Å². The fourth-order valence-corrected chi connectivity index (χ4v) is 2.20. The lowest BCUT2D eigenvalue weighted by Crippen LogP contribution is -2.37. The van der Waals surface area contributed by atoms with Crippen molar-refractivity contribution in [2.45, 2.75) is 32.2 Å². The van der Waals surface area contributed by atoms with Crippen molar-refractivity contribution in [2.24, 2.45) is 0 Å². The molecule has 1 heterocycles. The third-order valence-electron chi connectivity index (χ3n) is 3.06. The standard InChI is InChI=1S/C13H17ClN2O/c1-9-5-4-7-10(12(9)14)16-11-6-2-3-8-15-13(11)17/h4-5,7,11,16H,2-3,6,8H2,1H3,(H,15,17). The summed E-state index contributed by atoms with van der Waals surface area (Å²) in [5, 5.41) is 6.84. The van der Waals surface area contributed by atoms with Crippen LogP contribution in [0.2, 0.25) is 5.02 Å². The average Bonchev–Trinajstić information content (AvgIpc) is 2.51. The molecule has 1 aromatic rings. The molecular formula is C13H17ClN2O. The number of nitrogens with one attached hydrogen (secondary N) is 2. The van der Waals surface area contributed by atoms with Crippen LogP contribution in [0.1, 0.15) is 24.8 Å². The topological polar surface area (TPSA) is 41.1 Å². The molecule has 1 saturated heterocycles. The molecule has 1 aliphatic rings. The molecule has 3 nitrogen and oxygen atoms in total. The summed E-state index contributed by atoms with van der Waals surface area (Å²) in [6, 6.07) is 5.64. The van der Waals surface area contributed by atoms with Crippen LogP contribution in [0, 0.1) is 6.92 Å². The largest absolute Gasteiger partial charge is 0.372 e. The van der Waals surface area contributed by atoms with Gasteiger partial charge in [-0.3, -0.25) is 4.79 Å². The van der Waals surface area contributed by atoms with Crippen LogP contribution >= 0.6 is 11.6 Å². The highest BCUT2D eigenvalue weighted by atomic mass is 35.5. The molecule has 1 aromatic carbocycles. The van der Waals surface area contributed by atoms with Crippen LogP contribution < -0.4 is 10.6 Å². The minimum Gasteiger partial charge on any atom is -0.372 e. The van der Waals surface area contributed by atoms with Gasteiger partial charge in [0, 0.05) is 6.54 Å². The Morgan fingerprint density at radius 1 is 1.41 bits per heavy atom. The highest BCUT2D eigenvalue weighted by Crippen LogP contribution is 2.26. The first-order valence-corrected chi connectivity index (χ1v) is 6.35. The van der Waals surface area contributed by atoms with E-state index in [2.05, 4.69) is 10.6 Å². The first-order valence-electron chi connectivity index (χ1n) is 5.98. The second-order valence-electron chi connectivity index (χ2n) is 4.42. The van der Waals surface area contributed by atoms with Crippen molar-refractivity contribution in [1.29, 1.82) is 0 Å². The Bertz CT molecular complexity index is 420. The van der Waals surface area contributed by atoms with Gasteiger partial charge >= 0.3 is 0 Å². The molecule has 4 heteroatoms. The van der Waals surface area contributed by atoms with Gasteiger partial charge in [0.25, 0.3) is 0 Å². The zero-order chi connectivity index (χ0) is 12.3. The molecular weight excluding hydrogens is 236 g/mol.